The first-order valence-electron chi connectivity index (χ1n) is 10.3. The third-order valence-corrected chi connectivity index (χ3v) is 5.74. The summed E-state index contributed by atoms with van der Waals surface area (Å²) in [6.07, 6.45) is 2.29. The van der Waals surface area contributed by atoms with Gasteiger partial charge in [-0.3, -0.25) is 4.79 Å². The molecule has 0 unspecified atom stereocenters. The van der Waals surface area contributed by atoms with Gasteiger partial charge in [0.1, 0.15) is 23.3 Å². The number of anilines is 3. The van der Waals surface area contributed by atoms with Gasteiger partial charge in [0.15, 0.2) is 0 Å². The first-order chi connectivity index (χ1) is 15.0. The van der Waals surface area contributed by atoms with E-state index in [9.17, 15) is 20.0 Å². The molecule has 1 saturated carbocycles. The minimum absolute atomic E-state index is 0.195. The van der Waals surface area contributed by atoms with Crippen LogP contribution in [-0.2, 0) is 6.54 Å². The van der Waals surface area contributed by atoms with Gasteiger partial charge < -0.3 is 26.4 Å². The Morgan fingerprint density at radius 1 is 1.26 bits per heavy atom. The minimum Gasteiger partial charge on any atom is -0.465 e. The van der Waals surface area contributed by atoms with Crippen molar-refractivity contribution in [2.24, 2.45) is 0 Å². The Balaban J connectivity index is 1.73. The summed E-state index contributed by atoms with van der Waals surface area (Å²) >= 11 is 0. The second kappa shape index (κ2) is 8.52. The van der Waals surface area contributed by atoms with Crippen molar-refractivity contribution in [3.05, 3.63) is 46.5 Å². The zero-order valence-corrected chi connectivity index (χ0v) is 17.2. The number of hydrogen-bond acceptors (Lipinski definition) is 6. The molecule has 0 radical (unpaired) electrons. The largest absolute Gasteiger partial charge is 0.465 e. The molecule has 9 heteroatoms. The fourth-order valence-electron chi connectivity index (χ4n) is 4.30. The molecule has 4 rings (SSSR count). The number of rotatable bonds is 5. The summed E-state index contributed by atoms with van der Waals surface area (Å²) in [7, 11) is 0. The number of fused-ring (bicyclic) bond motifs is 1. The topological polar surface area (TPSA) is 139 Å². The first-order valence-corrected chi connectivity index (χ1v) is 10.3. The van der Waals surface area contributed by atoms with Crippen LogP contribution in [0.1, 0.15) is 52.7 Å². The molecule has 160 valence electrons. The van der Waals surface area contributed by atoms with Crippen molar-refractivity contribution in [3.8, 4) is 6.07 Å². The van der Waals surface area contributed by atoms with E-state index in [1.807, 2.05) is 31.2 Å². The summed E-state index contributed by atoms with van der Waals surface area (Å²) in [5, 5.41) is 30.9. The summed E-state index contributed by atoms with van der Waals surface area (Å²) in [4.78, 5) is 28.3. The summed E-state index contributed by atoms with van der Waals surface area (Å²) in [6, 6.07) is 9.41. The second-order valence-corrected chi connectivity index (χ2v) is 7.92. The summed E-state index contributed by atoms with van der Waals surface area (Å²) < 4.78 is 0. The summed E-state index contributed by atoms with van der Waals surface area (Å²) in [5.41, 5.74) is 3.12. The minimum atomic E-state index is -1.07. The number of nitrogens with zero attached hydrogens (tertiary/aromatic N) is 2. The Hall–Kier alpha value is -3.80. The smallest absolute Gasteiger partial charge is 0.404 e. The van der Waals surface area contributed by atoms with Crippen molar-refractivity contribution in [1.82, 2.24) is 15.6 Å². The number of nitriles is 1. The van der Waals surface area contributed by atoms with Crippen LogP contribution in [0.2, 0.25) is 0 Å². The Morgan fingerprint density at radius 3 is 2.74 bits per heavy atom. The van der Waals surface area contributed by atoms with E-state index >= 15 is 0 Å². The van der Waals surface area contributed by atoms with Crippen LogP contribution in [0.4, 0.5) is 22.1 Å². The van der Waals surface area contributed by atoms with Crippen LogP contribution in [0.3, 0.4) is 0 Å². The van der Waals surface area contributed by atoms with Crippen molar-refractivity contribution in [2.75, 3.05) is 10.6 Å². The average Bonchev–Trinajstić information content (AvgIpc) is 3.11. The number of hydrogen-bond donors (Lipinski definition) is 5. The van der Waals surface area contributed by atoms with E-state index in [4.69, 9.17) is 0 Å². The SMILES string of the molecule is Cc1cccc(Nc2nc(N[C@@H]3CCCC[C@@H]3NC(=O)O)c(C#N)c3c2C(=O)NC3)c1. The number of benzene rings is 1. The van der Waals surface area contributed by atoms with Crippen molar-refractivity contribution in [2.45, 2.75) is 51.2 Å². The zero-order valence-electron chi connectivity index (χ0n) is 17.2. The standard InChI is InChI=1S/C22H24N6O3/c1-12-5-4-6-13(9-12)25-20-18-15(11-24-21(18)29)14(10-23)19(28-20)26-16-7-2-3-8-17(16)27-22(30)31/h4-6,9,16-17,27H,2-3,7-8,11H2,1H3,(H,24,29)(H,30,31)(H2,25,26,28)/t16-,17+/m1/s1. The van der Waals surface area contributed by atoms with Crippen molar-refractivity contribution >= 4 is 29.3 Å². The Morgan fingerprint density at radius 2 is 2.03 bits per heavy atom. The van der Waals surface area contributed by atoms with Gasteiger partial charge in [0.25, 0.3) is 5.91 Å². The molecule has 2 heterocycles. The maximum atomic E-state index is 12.5. The Bertz CT molecular complexity index is 1080. The zero-order chi connectivity index (χ0) is 22.0. The van der Waals surface area contributed by atoms with Crippen LogP contribution in [0, 0.1) is 18.3 Å². The molecule has 1 aromatic heterocycles. The summed E-state index contributed by atoms with van der Waals surface area (Å²) in [6.45, 7) is 2.22. The summed E-state index contributed by atoms with van der Waals surface area (Å²) in [5.74, 6) is 0.455. The molecule has 0 saturated heterocycles. The van der Waals surface area contributed by atoms with Crippen LogP contribution in [0.15, 0.2) is 24.3 Å². The van der Waals surface area contributed by atoms with E-state index in [2.05, 4.69) is 32.3 Å². The number of aryl methyl sites for hydroxylation is 1. The highest BCUT2D eigenvalue weighted by Gasteiger charge is 2.32. The van der Waals surface area contributed by atoms with Gasteiger partial charge in [-0.15, -0.1) is 0 Å². The van der Waals surface area contributed by atoms with Gasteiger partial charge in [-0.05, 0) is 37.5 Å². The van der Waals surface area contributed by atoms with Crippen molar-refractivity contribution in [1.29, 1.82) is 5.26 Å². The quantitative estimate of drug-likeness (QED) is 0.500. The highest BCUT2D eigenvalue weighted by molar-refractivity contribution is 6.04. The molecular formula is C22H24N6O3. The Kier molecular flexibility index (Phi) is 5.62. The van der Waals surface area contributed by atoms with E-state index in [0.29, 0.717) is 34.7 Å². The third kappa shape index (κ3) is 4.23. The van der Waals surface area contributed by atoms with Gasteiger partial charge in [-0.25, -0.2) is 9.78 Å². The van der Waals surface area contributed by atoms with Gasteiger partial charge in [0, 0.05) is 23.8 Å². The van der Waals surface area contributed by atoms with Crippen molar-refractivity contribution < 1.29 is 14.7 Å². The number of carbonyl (C=O) groups excluding carboxylic acids is 1. The van der Waals surface area contributed by atoms with Crippen LogP contribution in [-0.4, -0.2) is 34.2 Å². The molecule has 5 N–H and O–H groups in total. The molecule has 2 atom stereocenters. The van der Waals surface area contributed by atoms with E-state index in [-0.39, 0.29) is 24.5 Å². The van der Waals surface area contributed by atoms with Gasteiger partial charge in [-0.1, -0.05) is 25.0 Å². The molecule has 2 amide bonds. The fourth-order valence-corrected chi connectivity index (χ4v) is 4.30. The number of pyridine rings is 1. The van der Waals surface area contributed by atoms with E-state index in [1.54, 1.807) is 0 Å². The van der Waals surface area contributed by atoms with Gasteiger partial charge in [-0.2, -0.15) is 5.26 Å². The molecule has 1 aromatic carbocycles. The van der Waals surface area contributed by atoms with Crippen LogP contribution >= 0.6 is 0 Å². The molecule has 9 nitrogen and oxygen atoms in total. The second-order valence-electron chi connectivity index (χ2n) is 7.92. The molecule has 1 aliphatic heterocycles. The lowest BCUT2D eigenvalue weighted by Crippen LogP contribution is -2.48. The fraction of sp³-hybridized carbons (Fsp3) is 0.364. The van der Waals surface area contributed by atoms with Crippen LogP contribution in [0.25, 0.3) is 0 Å². The van der Waals surface area contributed by atoms with Crippen LogP contribution in [0.5, 0.6) is 0 Å². The predicted octanol–water partition coefficient (Wildman–Crippen LogP) is 3.24. The van der Waals surface area contributed by atoms with E-state index in [1.165, 1.54) is 0 Å². The van der Waals surface area contributed by atoms with Gasteiger partial charge in [0.05, 0.1) is 11.6 Å². The maximum absolute atomic E-state index is 12.5. The normalized spacial score (nSPS) is 19.7. The van der Waals surface area contributed by atoms with E-state index < -0.39 is 6.09 Å². The average molecular weight is 420 g/mol. The lowest BCUT2D eigenvalue weighted by molar-refractivity contribution is 0.0966. The first kappa shape index (κ1) is 20.5. The maximum Gasteiger partial charge on any atom is 0.404 e. The molecular weight excluding hydrogens is 396 g/mol. The number of aromatic nitrogens is 1. The lowest BCUT2D eigenvalue weighted by Gasteiger charge is -2.32. The molecule has 1 fully saturated rings. The highest BCUT2D eigenvalue weighted by Crippen LogP contribution is 2.33. The molecule has 0 bridgehead atoms. The molecule has 31 heavy (non-hydrogen) atoms. The number of nitrogens with one attached hydrogen (secondary N) is 4. The predicted molar refractivity (Wildman–Crippen MR) is 115 cm³/mol. The number of amides is 2. The third-order valence-electron chi connectivity index (χ3n) is 5.74. The number of carbonyl (C=O) groups is 2. The van der Waals surface area contributed by atoms with Crippen LogP contribution < -0.4 is 21.3 Å². The van der Waals surface area contributed by atoms with Gasteiger partial charge in [0.2, 0.25) is 0 Å². The molecule has 1 aliphatic carbocycles. The monoisotopic (exact) mass is 420 g/mol. The highest BCUT2D eigenvalue weighted by atomic mass is 16.4. The van der Waals surface area contributed by atoms with E-state index in [0.717, 1.165) is 30.5 Å². The molecule has 0 spiro atoms. The Labute approximate surface area is 179 Å². The lowest BCUT2D eigenvalue weighted by atomic mass is 9.90. The van der Waals surface area contributed by atoms with Gasteiger partial charge >= 0.3 is 6.09 Å². The number of carboxylic acid groups (broad SMARTS) is 1. The van der Waals surface area contributed by atoms with Crippen molar-refractivity contribution in [3.63, 3.8) is 0 Å². The molecule has 2 aromatic rings. The molecule has 2 aliphatic rings.